The predicted octanol–water partition coefficient (Wildman–Crippen LogP) is 2.50. The fourth-order valence-corrected chi connectivity index (χ4v) is 7.11. The van der Waals surface area contributed by atoms with Crippen molar-refractivity contribution in [3.05, 3.63) is 18.0 Å². The van der Waals surface area contributed by atoms with Gasteiger partial charge in [-0.2, -0.15) is 9.29 Å². The average Bonchev–Trinajstić information content (AvgIpc) is 3.71. The lowest BCUT2D eigenvalue weighted by Gasteiger charge is -2.34. The van der Waals surface area contributed by atoms with E-state index in [-0.39, 0.29) is 17.8 Å². The summed E-state index contributed by atoms with van der Waals surface area (Å²) in [5.41, 5.74) is 1.81. The average molecular weight is 481 g/mol. The van der Waals surface area contributed by atoms with E-state index < -0.39 is 28.4 Å². The summed E-state index contributed by atoms with van der Waals surface area (Å²) >= 11 is 0. The van der Waals surface area contributed by atoms with Crippen molar-refractivity contribution in [1.29, 1.82) is 0 Å². The number of halogens is 2. The van der Waals surface area contributed by atoms with Crippen molar-refractivity contribution in [2.75, 3.05) is 31.5 Å². The van der Waals surface area contributed by atoms with Gasteiger partial charge in [-0.05, 0) is 57.1 Å². The van der Waals surface area contributed by atoms with Gasteiger partial charge in [-0.3, -0.25) is 0 Å². The molecule has 4 heterocycles. The van der Waals surface area contributed by atoms with Crippen LogP contribution in [0.4, 0.5) is 14.7 Å². The molecule has 0 spiro atoms. The third-order valence-electron chi connectivity index (χ3n) is 7.43. The molecular formula is C22H30F2N6O2S. The molecule has 0 amide bonds. The Morgan fingerprint density at radius 2 is 1.91 bits per heavy atom. The highest BCUT2D eigenvalue weighted by Crippen LogP contribution is 2.44. The number of anilines is 1. The van der Waals surface area contributed by atoms with Crippen molar-refractivity contribution in [2.45, 2.75) is 74.1 Å². The molecular weight excluding hydrogens is 450 g/mol. The number of hydrogen-bond donors (Lipinski definition) is 2. The van der Waals surface area contributed by atoms with Gasteiger partial charge < -0.3 is 15.2 Å². The van der Waals surface area contributed by atoms with E-state index in [9.17, 15) is 17.2 Å². The van der Waals surface area contributed by atoms with Crippen molar-refractivity contribution in [3.8, 4) is 0 Å². The van der Waals surface area contributed by atoms with Crippen LogP contribution < -0.4 is 10.6 Å². The number of alkyl halides is 2. The number of fused-ring (bicyclic) bond motifs is 1. The zero-order chi connectivity index (χ0) is 22.7. The second-order valence-electron chi connectivity index (χ2n) is 9.92. The lowest BCUT2D eigenvalue weighted by Crippen LogP contribution is -2.50. The van der Waals surface area contributed by atoms with Crippen LogP contribution in [0.15, 0.2) is 12.3 Å². The zero-order valence-corrected chi connectivity index (χ0v) is 19.3. The molecule has 2 saturated heterocycles. The molecule has 2 aromatic rings. The molecule has 0 aromatic carbocycles. The van der Waals surface area contributed by atoms with Gasteiger partial charge >= 0.3 is 0 Å². The van der Waals surface area contributed by atoms with Crippen LogP contribution in [-0.4, -0.2) is 77.1 Å². The summed E-state index contributed by atoms with van der Waals surface area (Å²) in [7, 11) is -3.38. The van der Waals surface area contributed by atoms with Crippen LogP contribution in [0.2, 0.25) is 0 Å². The maximum Gasteiger partial charge on any atom is 0.224 e. The zero-order valence-electron chi connectivity index (χ0n) is 18.5. The maximum atomic E-state index is 15.0. The van der Waals surface area contributed by atoms with Gasteiger partial charge in [-0.25, -0.2) is 22.2 Å². The Kier molecular flexibility index (Phi) is 5.34. The fourth-order valence-electron chi connectivity index (χ4n) is 5.25. The van der Waals surface area contributed by atoms with E-state index in [0.29, 0.717) is 56.3 Å². The summed E-state index contributed by atoms with van der Waals surface area (Å²) in [5, 5.41) is 6.75. The van der Waals surface area contributed by atoms with E-state index in [4.69, 9.17) is 4.98 Å². The number of nitrogens with zero attached hydrogens (tertiary/aromatic N) is 4. The van der Waals surface area contributed by atoms with Gasteiger partial charge in [-0.15, -0.1) is 0 Å². The number of sulfonamides is 1. The van der Waals surface area contributed by atoms with Crippen molar-refractivity contribution in [1.82, 2.24) is 24.2 Å². The minimum Gasteiger partial charge on any atom is -0.348 e. The minimum atomic E-state index is -3.38. The molecule has 2 aromatic heterocycles. The molecule has 2 aliphatic heterocycles. The van der Waals surface area contributed by atoms with Gasteiger partial charge in [0.05, 0.1) is 17.3 Å². The molecule has 11 heteroatoms. The Labute approximate surface area is 192 Å². The van der Waals surface area contributed by atoms with Gasteiger partial charge in [-0.1, -0.05) is 0 Å². The van der Waals surface area contributed by atoms with Crippen LogP contribution in [0, 0.1) is 0 Å². The first kappa shape index (κ1) is 21.7. The number of piperidine rings is 2. The van der Waals surface area contributed by atoms with Crippen molar-refractivity contribution >= 4 is 27.0 Å². The summed E-state index contributed by atoms with van der Waals surface area (Å²) in [6, 6.07) is 1.24. The molecule has 0 bridgehead atoms. The van der Waals surface area contributed by atoms with Crippen LogP contribution in [0.1, 0.15) is 56.2 Å². The van der Waals surface area contributed by atoms with E-state index in [1.807, 2.05) is 0 Å². The molecule has 2 saturated carbocycles. The van der Waals surface area contributed by atoms with Gasteiger partial charge in [0.25, 0.3) is 0 Å². The van der Waals surface area contributed by atoms with Crippen molar-refractivity contribution < 1.29 is 17.2 Å². The van der Waals surface area contributed by atoms with Crippen molar-refractivity contribution in [2.24, 2.45) is 0 Å². The monoisotopic (exact) mass is 480 g/mol. The van der Waals surface area contributed by atoms with E-state index in [1.165, 1.54) is 4.31 Å². The van der Waals surface area contributed by atoms with E-state index in [0.717, 1.165) is 30.5 Å². The predicted molar refractivity (Wildman–Crippen MR) is 121 cm³/mol. The molecule has 0 unspecified atom stereocenters. The molecule has 8 nitrogen and oxygen atoms in total. The molecule has 4 aliphatic rings. The number of aromatic nitrogens is 3. The Morgan fingerprint density at radius 1 is 1.09 bits per heavy atom. The lowest BCUT2D eigenvalue weighted by atomic mass is 10.0. The van der Waals surface area contributed by atoms with E-state index in [2.05, 4.69) is 26.3 Å². The molecule has 2 aliphatic carbocycles. The smallest absolute Gasteiger partial charge is 0.224 e. The van der Waals surface area contributed by atoms with Gasteiger partial charge in [0, 0.05) is 36.9 Å². The Hall–Kier alpha value is -1.85. The third kappa shape index (κ3) is 4.01. The second-order valence-corrected chi connectivity index (χ2v) is 12.1. The molecule has 4 atom stereocenters. The van der Waals surface area contributed by atoms with E-state index >= 15 is 0 Å². The second kappa shape index (κ2) is 8.13. The molecule has 4 fully saturated rings. The SMILES string of the molecule is O=S(=O)(C1CC1)N1CC[C@@H](Nc2ncc3cc(C4CC4)n([C@@H]4CCNC[C@@H]4F)c3n2)[C@H](F)C1. The molecule has 6 rings (SSSR count). The Morgan fingerprint density at radius 3 is 2.61 bits per heavy atom. The van der Waals surface area contributed by atoms with Crippen molar-refractivity contribution in [3.63, 3.8) is 0 Å². The van der Waals surface area contributed by atoms with Crippen LogP contribution in [-0.2, 0) is 10.0 Å². The highest BCUT2D eigenvalue weighted by molar-refractivity contribution is 7.90. The fraction of sp³-hybridized carbons (Fsp3) is 0.727. The molecule has 2 N–H and O–H groups in total. The summed E-state index contributed by atoms with van der Waals surface area (Å²) in [6.45, 7) is 1.24. The van der Waals surface area contributed by atoms with Crippen LogP contribution in [0.3, 0.4) is 0 Å². The first-order valence-corrected chi connectivity index (χ1v) is 13.5. The van der Waals surface area contributed by atoms with E-state index in [1.54, 1.807) is 6.20 Å². The van der Waals surface area contributed by atoms with Crippen LogP contribution >= 0.6 is 0 Å². The minimum absolute atomic E-state index is 0.139. The normalized spacial score (nSPS) is 31.7. The van der Waals surface area contributed by atoms with Gasteiger partial charge in [0.2, 0.25) is 16.0 Å². The lowest BCUT2D eigenvalue weighted by molar-refractivity contribution is 0.184. The summed E-state index contributed by atoms with van der Waals surface area (Å²) in [5.74, 6) is 0.741. The highest BCUT2D eigenvalue weighted by atomic mass is 32.2. The number of rotatable bonds is 6. The standard InChI is InChI=1S/C22H30F2N6O2S/c23-16-11-25-7-5-19(16)30-20(13-1-2-13)9-14-10-26-22(28-21(14)30)27-18-6-8-29(12-17(18)24)33(31,32)15-3-4-15/h9-10,13,15-19,25H,1-8,11-12H2,(H,26,27,28)/t16-,17+,18+,19+/m0/s1. The number of hydrogen-bond acceptors (Lipinski definition) is 6. The van der Waals surface area contributed by atoms with Crippen LogP contribution in [0.25, 0.3) is 11.0 Å². The quantitative estimate of drug-likeness (QED) is 0.660. The molecule has 33 heavy (non-hydrogen) atoms. The summed E-state index contributed by atoms with van der Waals surface area (Å²) < 4.78 is 58.1. The molecule has 0 radical (unpaired) electrons. The molecule has 180 valence electrons. The Balaban J connectivity index is 1.25. The first-order valence-electron chi connectivity index (χ1n) is 12.0. The number of nitrogens with one attached hydrogen (secondary N) is 2. The Bertz CT molecular complexity index is 1150. The largest absolute Gasteiger partial charge is 0.348 e. The summed E-state index contributed by atoms with van der Waals surface area (Å²) in [6.07, 6.45) is 3.97. The van der Waals surface area contributed by atoms with Gasteiger partial charge in [0.15, 0.2) is 0 Å². The topological polar surface area (TPSA) is 92.2 Å². The van der Waals surface area contributed by atoms with Crippen LogP contribution in [0.5, 0.6) is 0 Å². The highest BCUT2D eigenvalue weighted by Gasteiger charge is 2.43. The summed E-state index contributed by atoms with van der Waals surface area (Å²) in [4.78, 5) is 9.10. The maximum absolute atomic E-state index is 15.0. The third-order valence-corrected chi connectivity index (χ3v) is 9.80. The first-order chi connectivity index (χ1) is 15.9. The van der Waals surface area contributed by atoms with Gasteiger partial charge in [0.1, 0.15) is 18.0 Å².